The Labute approximate surface area is 213 Å². The first-order chi connectivity index (χ1) is 17.2. The molecule has 0 unspecified atom stereocenters. The number of aromatic nitrogens is 2. The SMILES string of the molecule is Cc1cccc(OCCOc2ccc(-c3cnc(C)c(CC(=O)O)c3N3CCC(C)(C)CC3)nc2)c1. The molecule has 0 amide bonds. The fourth-order valence-electron chi connectivity index (χ4n) is 4.53. The molecule has 2 aromatic heterocycles. The lowest BCUT2D eigenvalue weighted by atomic mass is 9.82. The predicted molar refractivity (Wildman–Crippen MR) is 141 cm³/mol. The highest BCUT2D eigenvalue weighted by Gasteiger charge is 2.29. The second-order valence-electron chi connectivity index (χ2n) is 10.2. The van der Waals surface area contributed by atoms with Crippen LogP contribution < -0.4 is 14.4 Å². The molecule has 4 rings (SSSR count). The third-order valence-electron chi connectivity index (χ3n) is 6.75. The summed E-state index contributed by atoms with van der Waals surface area (Å²) in [7, 11) is 0. The molecule has 1 N–H and O–H groups in total. The molecule has 1 aliphatic heterocycles. The van der Waals surface area contributed by atoms with Crippen LogP contribution in [0.25, 0.3) is 11.3 Å². The van der Waals surface area contributed by atoms with Gasteiger partial charge in [-0.25, -0.2) is 0 Å². The molecule has 3 aromatic rings. The number of piperidine rings is 1. The molecule has 36 heavy (non-hydrogen) atoms. The van der Waals surface area contributed by atoms with Gasteiger partial charge in [0.25, 0.3) is 0 Å². The third-order valence-corrected chi connectivity index (χ3v) is 6.75. The summed E-state index contributed by atoms with van der Waals surface area (Å²) in [6, 6.07) is 11.7. The van der Waals surface area contributed by atoms with Gasteiger partial charge in [0, 0.05) is 36.1 Å². The van der Waals surface area contributed by atoms with Crippen molar-refractivity contribution in [3.8, 4) is 22.8 Å². The van der Waals surface area contributed by atoms with E-state index in [4.69, 9.17) is 9.47 Å². The van der Waals surface area contributed by atoms with Crippen LogP contribution in [0.1, 0.15) is 43.5 Å². The van der Waals surface area contributed by atoms with E-state index in [1.807, 2.05) is 56.4 Å². The highest BCUT2D eigenvalue weighted by molar-refractivity contribution is 5.83. The van der Waals surface area contributed by atoms with Crippen molar-refractivity contribution < 1.29 is 19.4 Å². The van der Waals surface area contributed by atoms with Gasteiger partial charge >= 0.3 is 5.97 Å². The average molecular weight is 490 g/mol. The smallest absolute Gasteiger partial charge is 0.307 e. The van der Waals surface area contributed by atoms with Crippen molar-refractivity contribution in [1.82, 2.24) is 9.97 Å². The van der Waals surface area contributed by atoms with E-state index in [9.17, 15) is 9.90 Å². The van der Waals surface area contributed by atoms with Gasteiger partial charge in [-0.15, -0.1) is 0 Å². The summed E-state index contributed by atoms with van der Waals surface area (Å²) >= 11 is 0. The standard InChI is InChI=1S/C29H35N3O4/c1-20-6-5-7-22(16-20)35-14-15-36-23-8-9-26(31-18-23)25-19-30-21(2)24(17-27(33)34)28(25)32-12-10-29(3,4)11-13-32/h5-9,16,18-19H,10-15,17H2,1-4H3,(H,33,34). The van der Waals surface area contributed by atoms with Crippen LogP contribution in [0.15, 0.2) is 48.8 Å². The highest BCUT2D eigenvalue weighted by Crippen LogP contribution is 2.39. The zero-order valence-corrected chi connectivity index (χ0v) is 21.6. The van der Waals surface area contributed by atoms with Gasteiger partial charge in [-0.1, -0.05) is 26.0 Å². The number of aliphatic carboxylic acids is 1. The summed E-state index contributed by atoms with van der Waals surface area (Å²) in [6.07, 6.45) is 5.54. The summed E-state index contributed by atoms with van der Waals surface area (Å²) in [5, 5.41) is 9.60. The number of anilines is 1. The van der Waals surface area contributed by atoms with Crippen molar-refractivity contribution in [2.45, 2.75) is 47.0 Å². The van der Waals surface area contributed by atoms with Crippen molar-refractivity contribution in [3.63, 3.8) is 0 Å². The summed E-state index contributed by atoms with van der Waals surface area (Å²) in [5.74, 6) is 0.615. The van der Waals surface area contributed by atoms with Crippen LogP contribution in [-0.4, -0.2) is 47.3 Å². The molecule has 1 aliphatic rings. The van der Waals surface area contributed by atoms with Crippen LogP contribution in [0, 0.1) is 19.3 Å². The number of pyridine rings is 2. The number of aryl methyl sites for hydroxylation is 2. The third kappa shape index (κ3) is 6.33. The van der Waals surface area contributed by atoms with Crippen LogP contribution >= 0.6 is 0 Å². The molecule has 0 spiro atoms. The van der Waals surface area contributed by atoms with Crippen molar-refractivity contribution in [3.05, 3.63) is 65.6 Å². The number of carbonyl (C=O) groups is 1. The molecule has 7 nitrogen and oxygen atoms in total. The number of hydrogen-bond acceptors (Lipinski definition) is 6. The first-order valence-electron chi connectivity index (χ1n) is 12.5. The number of carboxylic acid groups (broad SMARTS) is 1. The number of benzene rings is 1. The monoisotopic (exact) mass is 489 g/mol. The zero-order valence-electron chi connectivity index (χ0n) is 21.6. The van der Waals surface area contributed by atoms with Crippen molar-refractivity contribution in [1.29, 1.82) is 0 Å². The Balaban J connectivity index is 1.51. The summed E-state index contributed by atoms with van der Waals surface area (Å²) in [5.41, 5.74) is 5.48. The Bertz CT molecular complexity index is 1200. The van der Waals surface area contributed by atoms with Gasteiger partial charge in [0.1, 0.15) is 24.7 Å². The van der Waals surface area contributed by atoms with Gasteiger partial charge in [0.05, 0.1) is 24.0 Å². The van der Waals surface area contributed by atoms with Gasteiger partial charge in [-0.3, -0.25) is 14.8 Å². The van der Waals surface area contributed by atoms with E-state index in [1.54, 1.807) is 6.20 Å². The van der Waals surface area contributed by atoms with E-state index < -0.39 is 5.97 Å². The second-order valence-corrected chi connectivity index (χ2v) is 10.2. The molecule has 3 heterocycles. The van der Waals surface area contributed by atoms with Crippen LogP contribution in [0.4, 0.5) is 5.69 Å². The minimum Gasteiger partial charge on any atom is -0.490 e. The molecule has 0 bridgehead atoms. The van der Waals surface area contributed by atoms with Gasteiger partial charge in [0.2, 0.25) is 0 Å². The summed E-state index contributed by atoms with van der Waals surface area (Å²) in [6.45, 7) is 11.1. The highest BCUT2D eigenvalue weighted by atomic mass is 16.5. The number of ether oxygens (including phenoxy) is 2. The van der Waals surface area contributed by atoms with Gasteiger partial charge in [-0.2, -0.15) is 0 Å². The van der Waals surface area contributed by atoms with E-state index in [0.717, 1.165) is 65.4 Å². The molecule has 1 aromatic carbocycles. The normalized spacial score (nSPS) is 14.9. The Morgan fingerprint density at radius 1 is 1.00 bits per heavy atom. The number of nitrogens with zero attached hydrogens (tertiary/aromatic N) is 3. The van der Waals surface area contributed by atoms with E-state index in [2.05, 4.69) is 28.7 Å². The number of rotatable bonds is 9. The molecular weight excluding hydrogens is 454 g/mol. The Morgan fingerprint density at radius 3 is 2.36 bits per heavy atom. The quantitative estimate of drug-likeness (QED) is 0.399. The zero-order chi connectivity index (χ0) is 25.7. The van der Waals surface area contributed by atoms with Crippen molar-refractivity contribution >= 4 is 11.7 Å². The second kappa shape index (κ2) is 11.0. The lowest BCUT2D eigenvalue weighted by molar-refractivity contribution is -0.136. The van der Waals surface area contributed by atoms with Gasteiger partial charge in [-0.05, 0) is 61.9 Å². The minimum absolute atomic E-state index is 0.0654. The first-order valence-corrected chi connectivity index (χ1v) is 12.5. The Morgan fingerprint density at radius 2 is 1.72 bits per heavy atom. The summed E-state index contributed by atoms with van der Waals surface area (Å²) in [4.78, 5) is 23.2. The van der Waals surface area contributed by atoms with Crippen LogP contribution in [0.3, 0.4) is 0 Å². The lowest BCUT2D eigenvalue weighted by Crippen LogP contribution is -2.38. The molecule has 7 heteroatoms. The van der Waals surface area contributed by atoms with Crippen molar-refractivity contribution in [2.24, 2.45) is 5.41 Å². The Kier molecular flexibility index (Phi) is 7.77. The maximum atomic E-state index is 11.7. The topological polar surface area (TPSA) is 84.8 Å². The number of carboxylic acids is 1. The molecule has 0 saturated carbocycles. The fourth-order valence-corrected chi connectivity index (χ4v) is 4.53. The largest absolute Gasteiger partial charge is 0.490 e. The maximum Gasteiger partial charge on any atom is 0.307 e. The van der Waals surface area contributed by atoms with Crippen LogP contribution in [0.2, 0.25) is 0 Å². The minimum atomic E-state index is -0.861. The van der Waals surface area contributed by atoms with Crippen LogP contribution in [-0.2, 0) is 11.2 Å². The molecule has 0 atom stereocenters. The molecule has 0 aliphatic carbocycles. The maximum absolute atomic E-state index is 11.7. The predicted octanol–water partition coefficient (Wildman–Crippen LogP) is 5.47. The van der Waals surface area contributed by atoms with Gasteiger partial charge in [0.15, 0.2) is 0 Å². The number of hydrogen-bond donors (Lipinski definition) is 1. The molecule has 1 saturated heterocycles. The molecule has 0 radical (unpaired) electrons. The fraction of sp³-hybridized carbons (Fsp3) is 0.414. The molecular formula is C29H35N3O4. The Hall–Kier alpha value is -3.61. The first kappa shape index (κ1) is 25.5. The molecule has 190 valence electrons. The summed E-state index contributed by atoms with van der Waals surface area (Å²) < 4.78 is 11.6. The van der Waals surface area contributed by atoms with Crippen LogP contribution in [0.5, 0.6) is 11.5 Å². The molecule has 1 fully saturated rings. The van der Waals surface area contributed by atoms with E-state index in [1.165, 1.54) is 0 Å². The van der Waals surface area contributed by atoms with Gasteiger partial charge < -0.3 is 19.5 Å². The average Bonchev–Trinajstić information content (AvgIpc) is 2.84. The van der Waals surface area contributed by atoms with Crippen molar-refractivity contribution in [2.75, 3.05) is 31.2 Å². The van der Waals surface area contributed by atoms with E-state index in [0.29, 0.717) is 19.0 Å². The lowest BCUT2D eigenvalue weighted by Gasteiger charge is -2.40. The van der Waals surface area contributed by atoms with E-state index in [-0.39, 0.29) is 11.8 Å². The van der Waals surface area contributed by atoms with E-state index >= 15 is 0 Å².